The van der Waals surface area contributed by atoms with Gasteiger partial charge in [-0.25, -0.2) is 0 Å². The second-order valence-electron chi connectivity index (χ2n) is 10.2. The Balaban J connectivity index is 2.28. The monoisotopic (exact) mass is 639 g/mol. The molecular weight excluding hydrogens is 591 g/mol. The number of aryl methyl sites for hydroxylation is 3. The summed E-state index contributed by atoms with van der Waals surface area (Å²) in [6.07, 6.45) is 0. The van der Waals surface area contributed by atoms with Crippen LogP contribution in [0.25, 0.3) is 0 Å². The average Bonchev–Trinajstić information content (AvgIpc) is 2.90. The standard InChI is InChI=1S/C33H48BrGeN3/c1-10-36(11-2)28-16-19-31(25(7)22-28)35(34,32-20-17-29(23-26(32)8)37(12-3)13-4)33-21-18-30(24-27(33)9)38(14-5)15-6/h16-24H,10-15H2,1-9H3. The summed E-state index contributed by atoms with van der Waals surface area (Å²) in [5.74, 6) is 0. The van der Waals surface area contributed by atoms with Crippen LogP contribution >= 0.6 is 14.0 Å². The molecule has 3 aromatic rings. The zero-order valence-corrected chi connectivity index (χ0v) is 28.8. The molecule has 0 saturated carbocycles. The summed E-state index contributed by atoms with van der Waals surface area (Å²) in [7, 11) is 0. The molecule has 0 spiro atoms. The summed E-state index contributed by atoms with van der Waals surface area (Å²) in [4.78, 5) is 7.32. The molecule has 5 heteroatoms. The van der Waals surface area contributed by atoms with E-state index in [0.29, 0.717) is 0 Å². The Morgan fingerprint density at radius 1 is 0.474 bits per heavy atom. The first kappa shape index (κ1) is 30.6. The fourth-order valence-electron chi connectivity index (χ4n) is 5.89. The van der Waals surface area contributed by atoms with Gasteiger partial charge in [0.2, 0.25) is 0 Å². The van der Waals surface area contributed by atoms with E-state index in [2.05, 4.69) is 146 Å². The first-order chi connectivity index (χ1) is 18.2. The minimum atomic E-state index is -3.20. The quantitative estimate of drug-likeness (QED) is 0.210. The van der Waals surface area contributed by atoms with Crippen LogP contribution in [0.1, 0.15) is 58.2 Å². The van der Waals surface area contributed by atoms with Crippen LogP contribution in [0.4, 0.5) is 17.1 Å². The third-order valence-corrected chi connectivity index (χ3v) is 23.0. The van der Waals surface area contributed by atoms with Crippen LogP contribution in [0.15, 0.2) is 54.6 Å². The molecule has 0 aromatic heterocycles. The molecule has 3 nitrogen and oxygen atoms in total. The van der Waals surface area contributed by atoms with Crippen LogP contribution in [-0.4, -0.2) is 50.7 Å². The van der Waals surface area contributed by atoms with Gasteiger partial charge in [-0.05, 0) is 0 Å². The van der Waals surface area contributed by atoms with E-state index < -0.39 is 11.4 Å². The molecule has 206 valence electrons. The van der Waals surface area contributed by atoms with Gasteiger partial charge in [-0.3, -0.25) is 0 Å². The predicted octanol–water partition coefficient (Wildman–Crippen LogP) is 6.51. The van der Waals surface area contributed by atoms with Crippen molar-refractivity contribution in [1.82, 2.24) is 0 Å². The number of halogens is 1. The van der Waals surface area contributed by atoms with Crippen molar-refractivity contribution >= 4 is 55.7 Å². The number of benzene rings is 3. The van der Waals surface area contributed by atoms with E-state index in [1.807, 2.05) is 0 Å². The Labute approximate surface area is 242 Å². The van der Waals surface area contributed by atoms with Gasteiger partial charge in [0, 0.05) is 0 Å². The normalized spacial score (nSPS) is 11.5. The molecule has 0 heterocycles. The van der Waals surface area contributed by atoms with Crippen molar-refractivity contribution in [2.24, 2.45) is 0 Å². The summed E-state index contributed by atoms with van der Waals surface area (Å²) in [6.45, 7) is 26.5. The molecule has 3 aromatic carbocycles. The van der Waals surface area contributed by atoms with Crippen molar-refractivity contribution in [3.8, 4) is 0 Å². The summed E-state index contributed by atoms with van der Waals surface area (Å²) >= 11 is 1.40. The van der Waals surface area contributed by atoms with E-state index in [1.54, 1.807) is 0 Å². The maximum atomic E-state index is 4.60. The second-order valence-corrected chi connectivity index (χ2v) is 22.5. The van der Waals surface area contributed by atoms with E-state index in [-0.39, 0.29) is 0 Å². The number of hydrogen-bond donors (Lipinski definition) is 0. The molecule has 0 unspecified atom stereocenters. The molecule has 0 radical (unpaired) electrons. The third-order valence-electron chi connectivity index (χ3n) is 8.13. The molecule has 0 aliphatic carbocycles. The molecule has 0 N–H and O–H groups in total. The summed E-state index contributed by atoms with van der Waals surface area (Å²) < 4.78 is 4.45. The molecule has 0 saturated heterocycles. The molecular formula is C33H48BrGeN3. The minimum absolute atomic E-state index is 1.02. The van der Waals surface area contributed by atoms with Crippen LogP contribution < -0.4 is 27.9 Å². The van der Waals surface area contributed by atoms with Gasteiger partial charge in [-0.15, -0.1) is 0 Å². The molecule has 0 atom stereocenters. The second kappa shape index (κ2) is 13.4. The Hall–Kier alpha value is -1.92. The molecule has 38 heavy (non-hydrogen) atoms. The van der Waals surface area contributed by atoms with Crippen molar-refractivity contribution in [2.45, 2.75) is 62.3 Å². The topological polar surface area (TPSA) is 9.72 Å². The van der Waals surface area contributed by atoms with E-state index in [9.17, 15) is 0 Å². The molecule has 0 fully saturated rings. The number of nitrogens with zero attached hydrogens (tertiary/aromatic N) is 3. The Bertz CT molecular complexity index is 1060. The van der Waals surface area contributed by atoms with Gasteiger partial charge in [-0.1, -0.05) is 0 Å². The Morgan fingerprint density at radius 3 is 0.895 bits per heavy atom. The van der Waals surface area contributed by atoms with Crippen LogP contribution in [0, 0.1) is 20.8 Å². The van der Waals surface area contributed by atoms with E-state index >= 15 is 0 Å². The molecule has 0 aliphatic heterocycles. The van der Waals surface area contributed by atoms with E-state index in [4.69, 9.17) is 0 Å². The Morgan fingerprint density at radius 2 is 0.711 bits per heavy atom. The fraction of sp³-hybridized carbons (Fsp3) is 0.455. The zero-order valence-electron chi connectivity index (χ0n) is 25.2. The van der Waals surface area contributed by atoms with Crippen molar-refractivity contribution in [2.75, 3.05) is 54.0 Å². The van der Waals surface area contributed by atoms with Crippen molar-refractivity contribution < 1.29 is 0 Å². The van der Waals surface area contributed by atoms with Crippen molar-refractivity contribution in [1.29, 1.82) is 0 Å². The third kappa shape index (κ3) is 5.96. The first-order valence-corrected chi connectivity index (χ1v) is 22.5. The fourth-order valence-corrected chi connectivity index (χ4v) is 20.5. The van der Waals surface area contributed by atoms with Gasteiger partial charge in [0.25, 0.3) is 0 Å². The number of hydrogen-bond acceptors (Lipinski definition) is 3. The average molecular weight is 639 g/mol. The van der Waals surface area contributed by atoms with Gasteiger partial charge in [-0.2, -0.15) is 0 Å². The molecule has 0 amide bonds. The SMILES string of the molecule is CCN(CC)c1cc[c]([Ge]([Br])([c]2ccc(N(CC)CC)cc2C)[c]2ccc(N(CC)CC)cc2C)c(C)c1. The van der Waals surface area contributed by atoms with E-state index in [1.165, 1.54) is 46.9 Å². The van der Waals surface area contributed by atoms with Gasteiger partial charge in [0.15, 0.2) is 0 Å². The van der Waals surface area contributed by atoms with Crippen LogP contribution in [0.5, 0.6) is 0 Å². The Kier molecular flexibility index (Phi) is 10.8. The molecule has 0 aliphatic rings. The van der Waals surface area contributed by atoms with E-state index in [0.717, 1.165) is 39.3 Å². The zero-order chi connectivity index (χ0) is 28.0. The van der Waals surface area contributed by atoms with Gasteiger partial charge in [0.05, 0.1) is 0 Å². The number of anilines is 3. The summed E-state index contributed by atoms with van der Waals surface area (Å²) in [6, 6.07) is 21.5. The van der Waals surface area contributed by atoms with Crippen LogP contribution in [-0.2, 0) is 0 Å². The predicted molar refractivity (Wildman–Crippen MR) is 178 cm³/mol. The van der Waals surface area contributed by atoms with Crippen LogP contribution in [0.2, 0.25) is 0 Å². The number of rotatable bonds is 12. The molecule has 0 bridgehead atoms. The van der Waals surface area contributed by atoms with Gasteiger partial charge in [0.1, 0.15) is 0 Å². The summed E-state index contributed by atoms with van der Waals surface area (Å²) in [5, 5.41) is 0. The van der Waals surface area contributed by atoms with Gasteiger partial charge < -0.3 is 0 Å². The van der Waals surface area contributed by atoms with Crippen molar-refractivity contribution in [3.63, 3.8) is 0 Å². The van der Waals surface area contributed by atoms with Crippen molar-refractivity contribution in [3.05, 3.63) is 71.3 Å². The first-order valence-electron chi connectivity index (χ1n) is 14.5. The summed E-state index contributed by atoms with van der Waals surface area (Å²) in [5.41, 5.74) is 8.09. The van der Waals surface area contributed by atoms with Crippen LogP contribution in [0.3, 0.4) is 0 Å². The maximum absolute atomic E-state index is 4.60. The van der Waals surface area contributed by atoms with Gasteiger partial charge >= 0.3 is 243 Å². The molecule has 3 rings (SSSR count).